The summed E-state index contributed by atoms with van der Waals surface area (Å²) in [7, 11) is 1.67. The minimum atomic E-state index is 0.308. The fourth-order valence-corrected chi connectivity index (χ4v) is 1.77. The van der Waals surface area contributed by atoms with Crippen LogP contribution < -0.4 is 4.74 Å². The maximum atomic E-state index is 5.22. The Morgan fingerprint density at radius 1 is 1.26 bits per heavy atom. The third kappa shape index (κ3) is 3.81. The van der Waals surface area contributed by atoms with Gasteiger partial charge >= 0.3 is 0 Å². The maximum Gasteiger partial charge on any atom is 0.119 e. The highest BCUT2D eigenvalue weighted by atomic mass is 16.5. The van der Waals surface area contributed by atoms with Crippen LogP contribution in [0.2, 0.25) is 0 Å². The average Bonchev–Trinajstić information content (AvgIpc) is 2.84. The molecule has 4 heteroatoms. The van der Waals surface area contributed by atoms with Gasteiger partial charge in [0.05, 0.1) is 13.3 Å². The Kier molecular flexibility index (Phi) is 3.88. The summed E-state index contributed by atoms with van der Waals surface area (Å²) < 4.78 is 7.12. The number of rotatable bonds is 4. The van der Waals surface area contributed by atoms with Crippen molar-refractivity contribution >= 4 is 0 Å². The van der Waals surface area contributed by atoms with Crippen molar-refractivity contribution in [2.45, 2.75) is 33.7 Å². The molecule has 1 aromatic heterocycles. The minimum absolute atomic E-state index is 0.308. The van der Waals surface area contributed by atoms with Crippen molar-refractivity contribution in [1.29, 1.82) is 0 Å². The molecule has 2 rings (SSSR count). The summed E-state index contributed by atoms with van der Waals surface area (Å²) in [6.45, 7) is 7.58. The van der Waals surface area contributed by atoms with E-state index in [1.165, 1.54) is 0 Å². The van der Waals surface area contributed by atoms with Crippen LogP contribution in [0.1, 0.15) is 27.2 Å². The molecule has 0 amide bonds. The fourth-order valence-electron chi connectivity index (χ4n) is 1.77. The molecule has 0 spiro atoms. The SMILES string of the molecule is COc1cccc(-c2cn(CCC(C)(C)C)nn2)c1. The van der Waals surface area contributed by atoms with Crippen LogP contribution in [-0.2, 0) is 6.54 Å². The second kappa shape index (κ2) is 5.43. The molecule has 0 atom stereocenters. The van der Waals surface area contributed by atoms with Crippen molar-refractivity contribution in [2.24, 2.45) is 5.41 Å². The molecule has 19 heavy (non-hydrogen) atoms. The number of methoxy groups -OCH3 is 1. The van der Waals surface area contributed by atoms with E-state index in [1.54, 1.807) is 7.11 Å². The molecule has 0 aliphatic heterocycles. The van der Waals surface area contributed by atoms with Gasteiger partial charge in [-0.3, -0.25) is 4.68 Å². The second-order valence-corrected chi connectivity index (χ2v) is 5.91. The summed E-state index contributed by atoms with van der Waals surface area (Å²) in [5, 5.41) is 8.40. The number of hydrogen-bond donors (Lipinski definition) is 0. The first kappa shape index (κ1) is 13.6. The van der Waals surface area contributed by atoms with Gasteiger partial charge in [-0.05, 0) is 24.0 Å². The summed E-state index contributed by atoms with van der Waals surface area (Å²) in [6.07, 6.45) is 3.06. The molecule has 2 aromatic rings. The molecular weight excluding hydrogens is 238 g/mol. The lowest BCUT2D eigenvalue weighted by molar-refractivity contribution is 0.339. The molecule has 0 radical (unpaired) electrons. The maximum absolute atomic E-state index is 5.22. The third-order valence-corrected chi connectivity index (χ3v) is 3.00. The highest BCUT2D eigenvalue weighted by molar-refractivity contribution is 5.59. The summed E-state index contributed by atoms with van der Waals surface area (Å²) >= 11 is 0. The molecule has 0 saturated heterocycles. The van der Waals surface area contributed by atoms with Crippen LogP contribution in [0.25, 0.3) is 11.3 Å². The van der Waals surface area contributed by atoms with Gasteiger partial charge in [0.25, 0.3) is 0 Å². The monoisotopic (exact) mass is 259 g/mol. The van der Waals surface area contributed by atoms with Crippen molar-refractivity contribution in [3.05, 3.63) is 30.5 Å². The molecule has 0 bridgehead atoms. The zero-order valence-electron chi connectivity index (χ0n) is 12.1. The van der Waals surface area contributed by atoms with Gasteiger partial charge in [0, 0.05) is 12.1 Å². The molecule has 0 unspecified atom stereocenters. The molecule has 1 aromatic carbocycles. The van der Waals surface area contributed by atoms with E-state index in [0.29, 0.717) is 5.41 Å². The predicted octanol–water partition coefficient (Wildman–Crippen LogP) is 3.39. The van der Waals surface area contributed by atoms with E-state index in [1.807, 2.05) is 35.1 Å². The van der Waals surface area contributed by atoms with Crippen molar-refractivity contribution in [3.8, 4) is 17.0 Å². The molecule has 4 nitrogen and oxygen atoms in total. The Bertz CT molecular complexity index is 540. The van der Waals surface area contributed by atoms with Crippen LogP contribution in [-0.4, -0.2) is 22.1 Å². The van der Waals surface area contributed by atoms with E-state index in [0.717, 1.165) is 30.0 Å². The Morgan fingerprint density at radius 3 is 2.74 bits per heavy atom. The van der Waals surface area contributed by atoms with Crippen LogP contribution in [0.15, 0.2) is 30.5 Å². The van der Waals surface area contributed by atoms with Gasteiger partial charge in [-0.1, -0.05) is 38.1 Å². The van der Waals surface area contributed by atoms with Crippen LogP contribution in [0.4, 0.5) is 0 Å². The predicted molar refractivity (Wildman–Crippen MR) is 76.1 cm³/mol. The minimum Gasteiger partial charge on any atom is -0.497 e. The number of hydrogen-bond acceptors (Lipinski definition) is 3. The molecular formula is C15H21N3O. The normalized spacial score (nSPS) is 11.6. The Hall–Kier alpha value is -1.84. The van der Waals surface area contributed by atoms with Gasteiger partial charge in [0.15, 0.2) is 0 Å². The van der Waals surface area contributed by atoms with Crippen LogP contribution in [0.5, 0.6) is 5.75 Å². The zero-order valence-corrected chi connectivity index (χ0v) is 12.1. The van der Waals surface area contributed by atoms with Gasteiger partial charge in [-0.25, -0.2) is 0 Å². The molecule has 0 saturated carbocycles. The molecule has 0 aliphatic carbocycles. The van der Waals surface area contributed by atoms with Gasteiger partial charge in [-0.15, -0.1) is 5.10 Å². The quantitative estimate of drug-likeness (QED) is 0.845. The lowest BCUT2D eigenvalue weighted by Crippen LogP contribution is -2.10. The van der Waals surface area contributed by atoms with Crippen LogP contribution in [0, 0.1) is 5.41 Å². The van der Waals surface area contributed by atoms with E-state index < -0.39 is 0 Å². The number of nitrogens with zero attached hydrogens (tertiary/aromatic N) is 3. The van der Waals surface area contributed by atoms with Crippen molar-refractivity contribution in [1.82, 2.24) is 15.0 Å². The van der Waals surface area contributed by atoms with Crippen molar-refractivity contribution in [2.75, 3.05) is 7.11 Å². The summed E-state index contributed by atoms with van der Waals surface area (Å²) in [5.41, 5.74) is 2.22. The molecule has 0 aliphatic rings. The number of benzene rings is 1. The van der Waals surface area contributed by atoms with E-state index in [9.17, 15) is 0 Å². The van der Waals surface area contributed by atoms with E-state index in [4.69, 9.17) is 4.74 Å². The standard InChI is InChI=1S/C15H21N3O/c1-15(2,3)8-9-18-11-14(16-17-18)12-6-5-7-13(10-12)19-4/h5-7,10-11H,8-9H2,1-4H3. The summed E-state index contributed by atoms with van der Waals surface area (Å²) in [4.78, 5) is 0. The first-order valence-electron chi connectivity index (χ1n) is 6.52. The number of aryl methyl sites for hydroxylation is 1. The van der Waals surface area contributed by atoms with Crippen molar-refractivity contribution < 1.29 is 4.74 Å². The van der Waals surface area contributed by atoms with E-state index >= 15 is 0 Å². The molecule has 1 heterocycles. The molecule has 0 fully saturated rings. The average molecular weight is 259 g/mol. The van der Waals surface area contributed by atoms with E-state index in [-0.39, 0.29) is 0 Å². The Labute approximate surface area is 114 Å². The summed E-state index contributed by atoms with van der Waals surface area (Å²) in [6, 6.07) is 7.87. The number of aromatic nitrogens is 3. The summed E-state index contributed by atoms with van der Waals surface area (Å²) in [5.74, 6) is 0.835. The number of ether oxygens (including phenoxy) is 1. The Balaban J connectivity index is 2.12. The van der Waals surface area contributed by atoms with Crippen LogP contribution in [0.3, 0.4) is 0 Å². The van der Waals surface area contributed by atoms with Gasteiger partial charge in [-0.2, -0.15) is 0 Å². The molecule has 102 valence electrons. The largest absolute Gasteiger partial charge is 0.497 e. The lowest BCUT2D eigenvalue weighted by Gasteiger charge is -2.17. The van der Waals surface area contributed by atoms with Gasteiger partial charge < -0.3 is 4.74 Å². The smallest absolute Gasteiger partial charge is 0.119 e. The highest BCUT2D eigenvalue weighted by Crippen LogP contribution is 2.23. The first-order valence-corrected chi connectivity index (χ1v) is 6.52. The van der Waals surface area contributed by atoms with Gasteiger partial charge in [0.1, 0.15) is 11.4 Å². The fraction of sp³-hybridized carbons (Fsp3) is 0.467. The topological polar surface area (TPSA) is 39.9 Å². The molecule has 0 N–H and O–H groups in total. The lowest BCUT2D eigenvalue weighted by atomic mass is 9.92. The van der Waals surface area contributed by atoms with Crippen molar-refractivity contribution in [3.63, 3.8) is 0 Å². The van der Waals surface area contributed by atoms with Gasteiger partial charge in [0.2, 0.25) is 0 Å². The second-order valence-electron chi connectivity index (χ2n) is 5.91. The zero-order chi connectivity index (χ0) is 13.9. The van der Waals surface area contributed by atoms with Crippen LogP contribution >= 0.6 is 0 Å². The third-order valence-electron chi connectivity index (χ3n) is 3.00. The highest BCUT2D eigenvalue weighted by Gasteiger charge is 2.11. The van der Waals surface area contributed by atoms with E-state index in [2.05, 4.69) is 31.1 Å². The first-order chi connectivity index (χ1) is 8.98. The Morgan fingerprint density at radius 2 is 2.05 bits per heavy atom.